The first-order valence-corrected chi connectivity index (χ1v) is 9.58. The summed E-state index contributed by atoms with van der Waals surface area (Å²) in [6, 6.07) is 16.4. The molecule has 1 N–H and O–H groups in total. The number of benzene rings is 2. The highest BCUT2D eigenvalue weighted by Crippen LogP contribution is 2.28. The van der Waals surface area contributed by atoms with Gasteiger partial charge < -0.3 is 14.8 Å². The summed E-state index contributed by atoms with van der Waals surface area (Å²) < 4.78 is 2.15. The van der Waals surface area contributed by atoms with E-state index in [9.17, 15) is 4.79 Å². The van der Waals surface area contributed by atoms with Gasteiger partial charge in [-0.25, -0.2) is 0 Å². The van der Waals surface area contributed by atoms with E-state index >= 15 is 0 Å². The summed E-state index contributed by atoms with van der Waals surface area (Å²) in [6.45, 7) is 2.73. The summed E-state index contributed by atoms with van der Waals surface area (Å²) in [5.41, 5.74) is 4.43. The Kier molecular flexibility index (Phi) is 5.97. The van der Waals surface area contributed by atoms with Gasteiger partial charge >= 0.3 is 0 Å². The van der Waals surface area contributed by atoms with E-state index in [2.05, 4.69) is 73.3 Å². The molecular weight excluding hydrogens is 334 g/mol. The summed E-state index contributed by atoms with van der Waals surface area (Å²) in [4.78, 5) is 14.8. The van der Waals surface area contributed by atoms with Gasteiger partial charge in [0.25, 0.3) is 5.91 Å². The molecule has 1 unspecified atom stereocenters. The molecule has 0 aliphatic carbocycles. The fourth-order valence-electron chi connectivity index (χ4n) is 3.61. The molecule has 0 aliphatic heterocycles. The van der Waals surface area contributed by atoms with E-state index in [0.717, 1.165) is 12.8 Å². The lowest BCUT2D eigenvalue weighted by Gasteiger charge is -2.24. The number of nitrogens with zero attached hydrogens (tertiary/aromatic N) is 2. The van der Waals surface area contributed by atoms with E-state index in [1.54, 1.807) is 0 Å². The number of amides is 1. The maximum atomic E-state index is 12.6. The molecule has 142 valence electrons. The number of hydrogen-bond acceptors (Lipinski definition) is 2. The summed E-state index contributed by atoms with van der Waals surface area (Å²) in [5.74, 6) is -0.0230. The van der Waals surface area contributed by atoms with Crippen molar-refractivity contribution >= 4 is 16.8 Å². The molecule has 27 heavy (non-hydrogen) atoms. The van der Waals surface area contributed by atoms with Crippen LogP contribution in [0.2, 0.25) is 0 Å². The second-order valence-electron chi connectivity index (χ2n) is 7.35. The van der Waals surface area contributed by atoms with Crippen molar-refractivity contribution in [2.75, 3.05) is 20.6 Å². The molecule has 1 aromatic heterocycles. The second-order valence-corrected chi connectivity index (χ2v) is 7.35. The fourth-order valence-corrected chi connectivity index (χ4v) is 3.61. The lowest BCUT2D eigenvalue weighted by molar-refractivity contribution is 0.0942. The van der Waals surface area contributed by atoms with E-state index < -0.39 is 0 Å². The van der Waals surface area contributed by atoms with Gasteiger partial charge in [-0.2, -0.15) is 0 Å². The number of para-hydroxylation sites is 1. The molecule has 3 rings (SSSR count). The lowest BCUT2D eigenvalue weighted by Crippen LogP contribution is -2.34. The van der Waals surface area contributed by atoms with Crippen LogP contribution in [0.1, 0.15) is 40.9 Å². The number of fused-ring (bicyclic) bond motifs is 1. The van der Waals surface area contributed by atoms with Gasteiger partial charge in [0, 0.05) is 36.3 Å². The number of aryl methyl sites for hydroxylation is 2. The van der Waals surface area contributed by atoms with Crippen LogP contribution in [0.25, 0.3) is 10.9 Å². The fraction of sp³-hybridized carbons (Fsp3) is 0.348. The molecular formula is C23H29N3O. The van der Waals surface area contributed by atoms with Crippen LogP contribution >= 0.6 is 0 Å². The quantitative estimate of drug-likeness (QED) is 0.684. The Labute approximate surface area is 161 Å². The molecule has 4 nitrogen and oxygen atoms in total. The number of aromatic nitrogens is 1. The summed E-state index contributed by atoms with van der Waals surface area (Å²) >= 11 is 0. The molecule has 0 radical (unpaired) electrons. The predicted molar refractivity (Wildman–Crippen MR) is 112 cm³/mol. The largest absolute Gasteiger partial charge is 0.350 e. The third-order valence-electron chi connectivity index (χ3n) is 5.12. The SMILES string of the molecule is CCCc1ccc(C(=O)NCC(c2cn(C)c3ccccc23)N(C)C)cc1. The van der Waals surface area contributed by atoms with Crippen molar-refractivity contribution < 1.29 is 4.79 Å². The zero-order valence-corrected chi connectivity index (χ0v) is 16.7. The molecule has 0 aliphatic rings. The van der Waals surface area contributed by atoms with E-state index in [1.807, 2.05) is 24.3 Å². The Morgan fingerprint density at radius 2 is 1.81 bits per heavy atom. The van der Waals surface area contributed by atoms with Crippen LogP contribution in [0, 0.1) is 0 Å². The average Bonchev–Trinajstić information content (AvgIpc) is 2.99. The molecule has 4 heteroatoms. The molecule has 2 aromatic carbocycles. The van der Waals surface area contributed by atoms with Crippen molar-refractivity contribution in [1.29, 1.82) is 0 Å². The van der Waals surface area contributed by atoms with Crippen molar-refractivity contribution in [2.45, 2.75) is 25.8 Å². The number of hydrogen-bond donors (Lipinski definition) is 1. The predicted octanol–water partition coefficient (Wildman–Crippen LogP) is 4.16. The Morgan fingerprint density at radius 1 is 1.11 bits per heavy atom. The van der Waals surface area contributed by atoms with E-state index in [0.29, 0.717) is 12.1 Å². The summed E-state index contributed by atoms with van der Waals surface area (Å²) in [6.07, 6.45) is 4.33. The van der Waals surface area contributed by atoms with Gasteiger partial charge in [-0.15, -0.1) is 0 Å². The van der Waals surface area contributed by atoms with Crippen LogP contribution in [0.4, 0.5) is 0 Å². The molecule has 0 saturated carbocycles. The smallest absolute Gasteiger partial charge is 0.251 e. The molecule has 3 aromatic rings. The lowest BCUT2D eigenvalue weighted by atomic mass is 10.0. The van der Waals surface area contributed by atoms with Crippen LogP contribution in [0.3, 0.4) is 0 Å². The number of rotatable bonds is 7. The van der Waals surface area contributed by atoms with Crippen LogP contribution in [0.15, 0.2) is 54.7 Å². The van der Waals surface area contributed by atoms with Crippen LogP contribution in [-0.4, -0.2) is 36.0 Å². The Morgan fingerprint density at radius 3 is 2.48 bits per heavy atom. The normalized spacial score (nSPS) is 12.5. The first kappa shape index (κ1) is 19.2. The summed E-state index contributed by atoms with van der Waals surface area (Å²) in [5, 5.41) is 4.35. The number of carbonyl (C=O) groups excluding carboxylic acids is 1. The van der Waals surface area contributed by atoms with E-state index in [4.69, 9.17) is 0 Å². The zero-order valence-electron chi connectivity index (χ0n) is 16.7. The monoisotopic (exact) mass is 363 g/mol. The van der Waals surface area contributed by atoms with Gasteiger partial charge in [0.2, 0.25) is 0 Å². The Hall–Kier alpha value is -2.59. The molecule has 0 saturated heterocycles. The number of likely N-dealkylation sites (N-methyl/N-ethyl adjacent to an activating group) is 1. The Balaban J connectivity index is 1.76. The minimum atomic E-state index is -0.0230. The van der Waals surface area contributed by atoms with Crippen LogP contribution < -0.4 is 5.32 Å². The minimum absolute atomic E-state index is 0.0230. The minimum Gasteiger partial charge on any atom is -0.350 e. The molecule has 0 spiro atoms. The highest BCUT2D eigenvalue weighted by Gasteiger charge is 2.20. The van der Waals surface area contributed by atoms with Crippen molar-refractivity contribution in [1.82, 2.24) is 14.8 Å². The van der Waals surface area contributed by atoms with Crippen molar-refractivity contribution in [3.8, 4) is 0 Å². The Bertz CT molecular complexity index is 909. The van der Waals surface area contributed by atoms with Gasteiger partial charge in [0.1, 0.15) is 0 Å². The van der Waals surface area contributed by atoms with Gasteiger partial charge in [-0.3, -0.25) is 4.79 Å². The molecule has 1 amide bonds. The highest BCUT2D eigenvalue weighted by molar-refractivity contribution is 5.94. The number of nitrogens with one attached hydrogen (secondary N) is 1. The van der Waals surface area contributed by atoms with Crippen molar-refractivity contribution in [2.24, 2.45) is 7.05 Å². The highest BCUT2D eigenvalue weighted by atomic mass is 16.1. The maximum Gasteiger partial charge on any atom is 0.251 e. The van der Waals surface area contributed by atoms with Gasteiger partial charge in [0.05, 0.1) is 6.04 Å². The van der Waals surface area contributed by atoms with Crippen molar-refractivity contribution in [3.63, 3.8) is 0 Å². The van der Waals surface area contributed by atoms with Crippen molar-refractivity contribution in [3.05, 3.63) is 71.4 Å². The molecule has 0 bridgehead atoms. The third-order valence-corrected chi connectivity index (χ3v) is 5.12. The van der Waals surface area contributed by atoms with Gasteiger partial charge in [0.15, 0.2) is 0 Å². The zero-order chi connectivity index (χ0) is 19.4. The first-order chi connectivity index (χ1) is 13.0. The summed E-state index contributed by atoms with van der Waals surface area (Å²) in [7, 11) is 6.17. The second kappa shape index (κ2) is 8.40. The van der Waals surface area contributed by atoms with Crippen LogP contribution in [-0.2, 0) is 13.5 Å². The molecule has 1 atom stereocenters. The van der Waals surface area contributed by atoms with Gasteiger partial charge in [-0.1, -0.05) is 43.7 Å². The van der Waals surface area contributed by atoms with Gasteiger partial charge in [-0.05, 0) is 49.8 Å². The first-order valence-electron chi connectivity index (χ1n) is 9.58. The van der Waals surface area contributed by atoms with E-state index in [1.165, 1.54) is 22.0 Å². The van der Waals surface area contributed by atoms with Crippen LogP contribution in [0.5, 0.6) is 0 Å². The maximum absolute atomic E-state index is 12.6. The standard InChI is InChI=1S/C23H29N3O/c1-5-8-17-11-13-18(14-12-17)23(27)24-15-22(25(2)3)20-16-26(4)21-10-7-6-9-19(20)21/h6-7,9-14,16,22H,5,8,15H2,1-4H3,(H,24,27). The number of carbonyl (C=O) groups is 1. The third kappa shape index (κ3) is 4.22. The molecule has 0 fully saturated rings. The average molecular weight is 364 g/mol. The molecule has 1 heterocycles. The topological polar surface area (TPSA) is 37.3 Å². The van der Waals surface area contributed by atoms with E-state index in [-0.39, 0.29) is 11.9 Å².